The molecule has 0 aliphatic heterocycles. The number of aromatic nitrogens is 3. The van der Waals surface area contributed by atoms with E-state index in [9.17, 15) is 18.8 Å². The van der Waals surface area contributed by atoms with Gasteiger partial charge in [-0.1, -0.05) is 29.8 Å². The quantitative estimate of drug-likeness (QED) is 0.440. The highest BCUT2D eigenvalue weighted by atomic mass is 35.5. The number of hydrogen-bond donors (Lipinski definition) is 2. The standard InChI is InChI=1S/C24H21ClFN5O3/c1-14-21(23(33)27-11-16-6-8-18(26)9-7-16)15(2)30-13-28-31(24(34)22(14)30)12-20(32)29-19-5-3-4-17(25)10-19/h3-10,13H,11-12H2,1-2H3,(H,27,33)(H,29,32). The van der Waals surface area contributed by atoms with Crippen LogP contribution in [0.3, 0.4) is 0 Å². The summed E-state index contributed by atoms with van der Waals surface area (Å²) in [5.74, 6) is -1.17. The molecule has 2 amide bonds. The average molecular weight is 482 g/mol. The van der Waals surface area contributed by atoms with Crippen molar-refractivity contribution >= 4 is 34.6 Å². The third kappa shape index (κ3) is 4.69. The number of nitrogens with zero attached hydrogens (tertiary/aromatic N) is 3. The van der Waals surface area contributed by atoms with Crippen LogP contribution in [0.2, 0.25) is 5.02 Å². The van der Waals surface area contributed by atoms with Gasteiger partial charge in [0.15, 0.2) is 0 Å². The summed E-state index contributed by atoms with van der Waals surface area (Å²) in [5.41, 5.74) is 2.37. The van der Waals surface area contributed by atoms with Gasteiger partial charge in [-0.3, -0.25) is 18.8 Å². The molecule has 0 saturated carbocycles. The Labute approximate surface area is 199 Å². The van der Waals surface area contributed by atoms with Gasteiger partial charge in [0.25, 0.3) is 11.5 Å². The molecule has 0 radical (unpaired) electrons. The zero-order valence-corrected chi connectivity index (χ0v) is 19.2. The minimum Gasteiger partial charge on any atom is -0.348 e. The van der Waals surface area contributed by atoms with E-state index in [2.05, 4.69) is 15.7 Å². The molecule has 0 aliphatic rings. The number of carbonyl (C=O) groups is 2. The first-order valence-electron chi connectivity index (χ1n) is 10.4. The molecule has 0 bridgehead atoms. The lowest BCUT2D eigenvalue weighted by molar-refractivity contribution is -0.117. The van der Waals surface area contributed by atoms with E-state index in [0.29, 0.717) is 27.5 Å². The van der Waals surface area contributed by atoms with Gasteiger partial charge in [-0.15, -0.1) is 0 Å². The fourth-order valence-corrected chi connectivity index (χ4v) is 3.97. The molecule has 0 fully saturated rings. The largest absolute Gasteiger partial charge is 0.348 e. The molecule has 10 heteroatoms. The van der Waals surface area contributed by atoms with Crippen LogP contribution >= 0.6 is 11.6 Å². The summed E-state index contributed by atoms with van der Waals surface area (Å²) in [7, 11) is 0. The second kappa shape index (κ2) is 9.48. The maximum atomic E-state index is 13.1. The third-order valence-corrected chi connectivity index (χ3v) is 5.67. The van der Waals surface area contributed by atoms with Gasteiger partial charge in [0.05, 0.1) is 5.56 Å². The summed E-state index contributed by atoms with van der Waals surface area (Å²) in [6.07, 6.45) is 1.41. The average Bonchev–Trinajstić information content (AvgIpc) is 3.05. The van der Waals surface area contributed by atoms with Gasteiger partial charge in [-0.25, -0.2) is 9.07 Å². The Kier molecular flexibility index (Phi) is 6.47. The van der Waals surface area contributed by atoms with E-state index in [1.54, 1.807) is 50.2 Å². The van der Waals surface area contributed by atoms with Crippen molar-refractivity contribution in [2.45, 2.75) is 26.9 Å². The molecule has 2 N–H and O–H groups in total. The van der Waals surface area contributed by atoms with Crippen LogP contribution in [0.15, 0.2) is 59.7 Å². The lowest BCUT2D eigenvalue weighted by Gasteiger charge is -2.08. The molecule has 0 aliphatic carbocycles. The van der Waals surface area contributed by atoms with Gasteiger partial charge < -0.3 is 10.6 Å². The maximum Gasteiger partial charge on any atom is 0.291 e. The van der Waals surface area contributed by atoms with E-state index < -0.39 is 11.5 Å². The first-order valence-corrected chi connectivity index (χ1v) is 10.8. The number of benzene rings is 2. The number of amides is 2. The summed E-state index contributed by atoms with van der Waals surface area (Å²) >= 11 is 5.93. The number of hydrogen-bond acceptors (Lipinski definition) is 4. The van der Waals surface area contributed by atoms with Crippen LogP contribution in [0.4, 0.5) is 10.1 Å². The monoisotopic (exact) mass is 481 g/mol. The molecule has 8 nitrogen and oxygen atoms in total. The summed E-state index contributed by atoms with van der Waals surface area (Å²) in [5, 5.41) is 10.0. The Balaban J connectivity index is 1.57. The van der Waals surface area contributed by atoms with Gasteiger partial charge in [0.2, 0.25) is 5.91 Å². The Bertz CT molecular complexity index is 1460. The van der Waals surface area contributed by atoms with Crippen LogP contribution < -0.4 is 16.2 Å². The number of fused-ring (bicyclic) bond motifs is 1. The molecule has 0 unspecified atom stereocenters. The number of aryl methyl sites for hydroxylation is 2. The lowest BCUT2D eigenvalue weighted by atomic mass is 10.1. The molecule has 2 aromatic carbocycles. The molecule has 4 aromatic rings. The van der Waals surface area contributed by atoms with Crippen molar-refractivity contribution in [2.75, 3.05) is 5.32 Å². The molecule has 0 atom stereocenters. The lowest BCUT2D eigenvalue weighted by Crippen LogP contribution is -2.30. The van der Waals surface area contributed by atoms with E-state index in [-0.39, 0.29) is 30.3 Å². The highest BCUT2D eigenvalue weighted by Crippen LogP contribution is 2.20. The second-order valence-corrected chi connectivity index (χ2v) is 8.20. The van der Waals surface area contributed by atoms with E-state index in [1.165, 1.54) is 22.9 Å². The van der Waals surface area contributed by atoms with Crippen molar-refractivity contribution in [2.24, 2.45) is 0 Å². The van der Waals surface area contributed by atoms with Crippen LogP contribution in [0.5, 0.6) is 0 Å². The molecule has 2 heterocycles. The number of anilines is 1. The number of nitrogens with one attached hydrogen (secondary N) is 2. The first kappa shape index (κ1) is 23.2. The van der Waals surface area contributed by atoms with E-state index in [0.717, 1.165) is 10.2 Å². The minimum absolute atomic E-state index is 0.205. The van der Waals surface area contributed by atoms with Crippen molar-refractivity contribution in [3.8, 4) is 0 Å². The van der Waals surface area contributed by atoms with Crippen LogP contribution in [0.1, 0.15) is 27.2 Å². The predicted octanol–water partition coefficient (Wildman–Crippen LogP) is 3.47. The summed E-state index contributed by atoms with van der Waals surface area (Å²) < 4.78 is 15.7. The number of halogens is 2. The highest BCUT2D eigenvalue weighted by Gasteiger charge is 2.22. The van der Waals surface area contributed by atoms with Gasteiger partial charge >= 0.3 is 0 Å². The smallest absolute Gasteiger partial charge is 0.291 e. The van der Waals surface area contributed by atoms with Gasteiger partial charge in [0, 0.05) is 22.9 Å². The molecule has 0 saturated heterocycles. The van der Waals surface area contributed by atoms with Gasteiger partial charge in [-0.05, 0) is 55.3 Å². The molecular weight excluding hydrogens is 461 g/mol. The molecule has 0 spiro atoms. The second-order valence-electron chi connectivity index (χ2n) is 7.77. The SMILES string of the molecule is Cc1c(C(=O)NCc2ccc(F)cc2)c(C)n2cnn(CC(=O)Nc3cccc(Cl)c3)c(=O)c12. The fourth-order valence-electron chi connectivity index (χ4n) is 3.78. The summed E-state index contributed by atoms with van der Waals surface area (Å²) in [6, 6.07) is 12.5. The van der Waals surface area contributed by atoms with Crippen LogP contribution in [-0.4, -0.2) is 26.0 Å². The minimum atomic E-state index is -0.498. The zero-order chi connectivity index (χ0) is 24.4. The zero-order valence-electron chi connectivity index (χ0n) is 18.4. The Morgan fingerprint density at radius 3 is 2.56 bits per heavy atom. The topological polar surface area (TPSA) is 97.5 Å². The Morgan fingerprint density at radius 2 is 1.85 bits per heavy atom. The number of carbonyl (C=O) groups excluding carboxylic acids is 2. The van der Waals surface area contributed by atoms with Crippen LogP contribution in [0.25, 0.3) is 5.52 Å². The van der Waals surface area contributed by atoms with Crippen molar-refractivity contribution in [3.63, 3.8) is 0 Å². The van der Waals surface area contributed by atoms with Gasteiger partial charge in [-0.2, -0.15) is 5.10 Å². The summed E-state index contributed by atoms with van der Waals surface area (Å²) in [6.45, 7) is 3.28. The first-order chi connectivity index (χ1) is 16.2. The number of rotatable bonds is 6. The fraction of sp³-hybridized carbons (Fsp3) is 0.167. The van der Waals surface area contributed by atoms with E-state index in [4.69, 9.17) is 11.6 Å². The van der Waals surface area contributed by atoms with Gasteiger partial charge in [0.1, 0.15) is 24.2 Å². The summed E-state index contributed by atoms with van der Waals surface area (Å²) in [4.78, 5) is 38.4. The van der Waals surface area contributed by atoms with E-state index in [1.807, 2.05) is 0 Å². The van der Waals surface area contributed by atoms with Crippen LogP contribution in [0, 0.1) is 19.7 Å². The third-order valence-electron chi connectivity index (χ3n) is 5.43. The van der Waals surface area contributed by atoms with Crippen molar-refractivity contribution in [1.82, 2.24) is 19.5 Å². The van der Waals surface area contributed by atoms with E-state index >= 15 is 0 Å². The van der Waals surface area contributed by atoms with Crippen LogP contribution in [-0.2, 0) is 17.9 Å². The normalized spacial score (nSPS) is 10.9. The Hall–Kier alpha value is -3.98. The van der Waals surface area contributed by atoms with Crippen molar-refractivity contribution in [1.29, 1.82) is 0 Å². The maximum absolute atomic E-state index is 13.1. The molecule has 174 valence electrons. The predicted molar refractivity (Wildman–Crippen MR) is 127 cm³/mol. The molecular formula is C24H21ClFN5O3. The molecule has 4 rings (SSSR count). The Morgan fingerprint density at radius 1 is 1.12 bits per heavy atom. The highest BCUT2D eigenvalue weighted by molar-refractivity contribution is 6.30. The molecule has 2 aromatic heterocycles. The molecule has 34 heavy (non-hydrogen) atoms. The van der Waals surface area contributed by atoms with Crippen molar-refractivity contribution < 1.29 is 14.0 Å². The van der Waals surface area contributed by atoms with Crippen molar-refractivity contribution in [3.05, 3.63) is 98.4 Å².